The molecular formula is C9H4O. The summed E-state index contributed by atoms with van der Waals surface area (Å²) in [4.78, 5) is 9.67. The molecule has 1 heteroatoms. The van der Waals surface area contributed by atoms with Gasteiger partial charge in [-0.05, 0) is 35.8 Å². The zero-order valence-electron chi connectivity index (χ0n) is 5.22. The Kier molecular flexibility index (Phi) is 5.74. The summed E-state index contributed by atoms with van der Waals surface area (Å²) in [6, 6.07) is 0. The summed E-state index contributed by atoms with van der Waals surface area (Å²) < 4.78 is 0. The fourth-order valence-corrected chi connectivity index (χ4v) is 0.232. The Labute approximate surface area is 60.1 Å². The molecule has 0 amide bonds. The van der Waals surface area contributed by atoms with Gasteiger partial charge in [0.25, 0.3) is 0 Å². The Morgan fingerprint density at radius 3 is 2.60 bits per heavy atom. The van der Waals surface area contributed by atoms with E-state index in [2.05, 4.69) is 29.6 Å². The van der Waals surface area contributed by atoms with Gasteiger partial charge < -0.3 is 0 Å². The van der Waals surface area contributed by atoms with Crippen molar-refractivity contribution in [3.05, 3.63) is 12.2 Å². The molecule has 0 aromatic rings. The smallest absolute Gasteiger partial charge is 0.143 e. The van der Waals surface area contributed by atoms with E-state index in [1.54, 1.807) is 0 Å². The van der Waals surface area contributed by atoms with Gasteiger partial charge in [0, 0.05) is 0 Å². The molecule has 0 bridgehead atoms. The van der Waals surface area contributed by atoms with Crippen molar-refractivity contribution in [2.24, 2.45) is 0 Å². The van der Waals surface area contributed by atoms with Crippen LogP contribution in [0, 0.1) is 36.0 Å². The summed E-state index contributed by atoms with van der Waals surface area (Å²) in [6.45, 7) is 0. The van der Waals surface area contributed by atoms with Gasteiger partial charge in [0.15, 0.2) is 0 Å². The van der Waals surface area contributed by atoms with Crippen molar-refractivity contribution in [3.8, 4) is 36.0 Å². The first-order valence-electron chi connectivity index (χ1n) is 2.48. The van der Waals surface area contributed by atoms with Crippen LogP contribution in [0.2, 0.25) is 0 Å². The minimum absolute atomic E-state index is 0.642. The molecule has 46 valence electrons. The topological polar surface area (TPSA) is 17.1 Å². The first-order valence-corrected chi connectivity index (χ1v) is 2.48. The van der Waals surface area contributed by atoms with Crippen LogP contribution in [0.4, 0.5) is 0 Å². The lowest BCUT2D eigenvalue weighted by Gasteiger charge is -1.58. The number of carbonyl (C=O) groups excluding carboxylic acids is 1. The molecule has 0 radical (unpaired) electrons. The summed E-state index contributed by atoms with van der Waals surface area (Å²) in [6.07, 6.45) is 8.13. The largest absolute Gasteiger partial charge is 0.299 e. The molecule has 0 aliphatic carbocycles. The predicted octanol–water partition coefficient (Wildman–Crippen LogP) is 0.381. The minimum Gasteiger partial charge on any atom is -0.299 e. The Balaban J connectivity index is 3.84. The monoisotopic (exact) mass is 128 g/mol. The summed E-state index contributed by atoms with van der Waals surface area (Å²) in [5.74, 6) is 11.7. The second-order valence-electron chi connectivity index (χ2n) is 1.16. The van der Waals surface area contributed by atoms with Gasteiger partial charge in [0.2, 0.25) is 0 Å². The second kappa shape index (κ2) is 7.09. The molecule has 0 saturated heterocycles. The standard InChI is InChI=1S/C9H4O/c1-2-3-4-5-6-7-8-9-10/h1,7-9H. The molecule has 0 heterocycles. The quantitative estimate of drug-likeness (QED) is 0.283. The van der Waals surface area contributed by atoms with Crippen molar-refractivity contribution < 1.29 is 4.79 Å². The highest BCUT2D eigenvalue weighted by atomic mass is 16.1. The van der Waals surface area contributed by atoms with Crippen LogP contribution >= 0.6 is 0 Å². The lowest BCUT2D eigenvalue weighted by atomic mass is 10.5. The maximum absolute atomic E-state index is 9.67. The summed E-state index contributed by atoms with van der Waals surface area (Å²) in [5.41, 5.74) is 0. The number of carbonyl (C=O) groups is 1. The van der Waals surface area contributed by atoms with Crippen LogP contribution in [0.3, 0.4) is 0 Å². The molecular weight excluding hydrogens is 124 g/mol. The van der Waals surface area contributed by atoms with E-state index in [0.717, 1.165) is 0 Å². The van der Waals surface area contributed by atoms with Crippen molar-refractivity contribution in [2.75, 3.05) is 0 Å². The first kappa shape index (κ1) is 8.09. The zero-order valence-corrected chi connectivity index (χ0v) is 5.22. The van der Waals surface area contributed by atoms with Crippen LogP contribution in [0.15, 0.2) is 12.2 Å². The van der Waals surface area contributed by atoms with Crippen molar-refractivity contribution >= 4 is 6.29 Å². The van der Waals surface area contributed by atoms with Crippen LogP contribution in [0.25, 0.3) is 0 Å². The van der Waals surface area contributed by atoms with Gasteiger partial charge in [-0.15, -0.1) is 6.42 Å². The molecule has 1 nitrogen and oxygen atoms in total. The number of aldehydes is 1. The van der Waals surface area contributed by atoms with Crippen LogP contribution in [0.1, 0.15) is 0 Å². The zero-order chi connectivity index (χ0) is 7.66. The highest BCUT2D eigenvalue weighted by Gasteiger charge is 1.57. The third-order valence-corrected chi connectivity index (χ3v) is 0.527. The first-order chi connectivity index (χ1) is 4.91. The molecule has 0 aromatic heterocycles. The molecule has 0 rings (SSSR count). The van der Waals surface area contributed by atoms with Gasteiger partial charge in [-0.1, -0.05) is 5.92 Å². The average molecular weight is 128 g/mol. The summed E-state index contributed by atoms with van der Waals surface area (Å²) in [5, 5.41) is 0. The normalized spacial score (nSPS) is 6.30. The Hall–Kier alpha value is -1.91. The van der Waals surface area contributed by atoms with E-state index in [4.69, 9.17) is 6.42 Å². The molecule has 0 fully saturated rings. The third-order valence-electron chi connectivity index (χ3n) is 0.527. The molecule has 0 spiro atoms. The SMILES string of the molecule is C#CC#CC#CC=CC=O. The highest BCUT2D eigenvalue weighted by Crippen LogP contribution is 1.61. The maximum Gasteiger partial charge on any atom is 0.143 e. The Morgan fingerprint density at radius 2 is 2.00 bits per heavy atom. The Morgan fingerprint density at radius 1 is 1.20 bits per heavy atom. The van der Waals surface area contributed by atoms with Crippen molar-refractivity contribution in [1.29, 1.82) is 0 Å². The van der Waals surface area contributed by atoms with Gasteiger partial charge in [-0.2, -0.15) is 0 Å². The lowest BCUT2D eigenvalue weighted by molar-refractivity contribution is -0.104. The fourth-order valence-electron chi connectivity index (χ4n) is 0.232. The maximum atomic E-state index is 9.67. The van der Waals surface area contributed by atoms with Crippen molar-refractivity contribution in [2.45, 2.75) is 0 Å². The molecule has 0 aliphatic heterocycles. The molecule has 0 atom stereocenters. The van der Waals surface area contributed by atoms with Gasteiger partial charge in [0.05, 0.1) is 0 Å². The highest BCUT2D eigenvalue weighted by molar-refractivity contribution is 5.65. The fraction of sp³-hybridized carbons (Fsp3) is 0. The lowest BCUT2D eigenvalue weighted by Crippen LogP contribution is -1.56. The third kappa shape index (κ3) is 6.09. The van der Waals surface area contributed by atoms with E-state index in [1.165, 1.54) is 12.2 Å². The minimum atomic E-state index is 0.642. The van der Waals surface area contributed by atoms with Crippen LogP contribution in [-0.2, 0) is 4.79 Å². The van der Waals surface area contributed by atoms with Gasteiger partial charge in [-0.25, -0.2) is 0 Å². The van der Waals surface area contributed by atoms with Gasteiger partial charge in [0.1, 0.15) is 6.29 Å². The number of hydrogen-bond acceptors (Lipinski definition) is 1. The Bertz CT molecular complexity index is 281. The van der Waals surface area contributed by atoms with Crippen LogP contribution in [-0.4, -0.2) is 6.29 Å². The van der Waals surface area contributed by atoms with Crippen LogP contribution in [0.5, 0.6) is 0 Å². The number of hydrogen-bond donors (Lipinski definition) is 0. The van der Waals surface area contributed by atoms with E-state index in [9.17, 15) is 4.79 Å². The molecule has 0 aliphatic rings. The van der Waals surface area contributed by atoms with E-state index in [0.29, 0.717) is 6.29 Å². The van der Waals surface area contributed by atoms with Crippen molar-refractivity contribution in [1.82, 2.24) is 0 Å². The van der Waals surface area contributed by atoms with E-state index < -0.39 is 0 Å². The predicted molar refractivity (Wildman–Crippen MR) is 39.6 cm³/mol. The summed E-state index contributed by atoms with van der Waals surface area (Å²) >= 11 is 0. The van der Waals surface area contributed by atoms with Gasteiger partial charge >= 0.3 is 0 Å². The average Bonchev–Trinajstić information content (AvgIpc) is 1.97. The molecule has 0 unspecified atom stereocenters. The van der Waals surface area contributed by atoms with E-state index >= 15 is 0 Å². The second-order valence-corrected chi connectivity index (χ2v) is 1.16. The number of terminal acetylenes is 1. The number of allylic oxidation sites excluding steroid dienone is 2. The van der Waals surface area contributed by atoms with Gasteiger partial charge in [-0.3, -0.25) is 4.79 Å². The number of rotatable bonds is 1. The van der Waals surface area contributed by atoms with Crippen molar-refractivity contribution in [3.63, 3.8) is 0 Å². The molecule has 0 N–H and O–H groups in total. The molecule has 0 aromatic carbocycles. The molecule has 0 saturated carbocycles. The van der Waals surface area contributed by atoms with E-state index in [1.807, 2.05) is 0 Å². The van der Waals surface area contributed by atoms with E-state index in [-0.39, 0.29) is 0 Å². The summed E-state index contributed by atoms with van der Waals surface area (Å²) in [7, 11) is 0. The molecule has 10 heavy (non-hydrogen) atoms. The van der Waals surface area contributed by atoms with Crippen LogP contribution < -0.4 is 0 Å².